The average Bonchev–Trinajstić information content (AvgIpc) is 3.12. The summed E-state index contributed by atoms with van der Waals surface area (Å²) in [6.45, 7) is 7.09. The van der Waals surface area contributed by atoms with Crippen molar-refractivity contribution in [3.05, 3.63) is 60.2 Å². The lowest BCUT2D eigenvalue weighted by atomic mass is 9.83. The van der Waals surface area contributed by atoms with E-state index in [9.17, 15) is 0 Å². The number of aromatic nitrogens is 2. The molecule has 1 atom stereocenters. The molecule has 2 aliphatic heterocycles. The molecule has 0 radical (unpaired) electrons. The summed E-state index contributed by atoms with van der Waals surface area (Å²) < 4.78 is 0. The maximum Gasteiger partial charge on any atom is 0.0312 e. The van der Waals surface area contributed by atoms with Gasteiger partial charge in [0.2, 0.25) is 0 Å². The molecule has 1 unspecified atom stereocenters. The Kier molecular flexibility index (Phi) is 5.38. The predicted molar refractivity (Wildman–Crippen MR) is 99.9 cm³/mol. The van der Waals surface area contributed by atoms with E-state index in [-0.39, 0.29) is 0 Å². The molecule has 2 aromatic rings. The Labute approximate surface area is 150 Å². The van der Waals surface area contributed by atoms with Crippen LogP contribution in [0, 0.1) is 11.8 Å². The van der Waals surface area contributed by atoms with Crippen molar-refractivity contribution in [2.24, 2.45) is 11.8 Å². The van der Waals surface area contributed by atoms with Crippen LogP contribution in [0.15, 0.2) is 49.1 Å². The molecule has 0 aromatic carbocycles. The maximum absolute atomic E-state index is 4.24. The number of hydrogen-bond acceptors (Lipinski definition) is 4. The lowest BCUT2D eigenvalue weighted by molar-refractivity contribution is 0.141. The van der Waals surface area contributed by atoms with Gasteiger partial charge in [0.15, 0.2) is 0 Å². The van der Waals surface area contributed by atoms with Crippen LogP contribution in [-0.4, -0.2) is 45.9 Å². The summed E-state index contributed by atoms with van der Waals surface area (Å²) in [7, 11) is 0. The van der Waals surface area contributed by atoms with Gasteiger partial charge in [0, 0.05) is 44.4 Å². The Balaban J connectivity index is 1.23. The monoisotopic (exact) mass is 336 g/mol. The second-order valence-corrected chi connectivity index (χ2v) is 7.62. The lowest BCUT2D eigenvalue weighted by Crippen LogP contribution is -2.36. The molecule has 0 amide bonds. The van der Waals surface area contributed by atoms with Gasteiger partial charge in [-0.3, -0.25) is 19.8 Å². The molecule has 0 N–H and O–H groups in total. The first-order chi connectivity index (χ1) is 12.4. The van der Waals surface area contributed by atoms with E-state index in [1.807, 2.05) is 36.9 Å². The SMILES string of the molecule is c1cncc(CN2CCC(C3CCN(Cc4cccnc4)C3)CC2)c1. The number of piperidine rings is 1. The first-order valence-corrected chi connectivity index (χ1v) is 9.59. The van der Waals surface area contributed by atoms with Crippen molar-refractivity contribution >= 4 is 0 Å². The fourth-order valence-electron chi connectivity index (χ4n) is 4.47. The first kappa shape index (κ1) is 16.7. The van der Waals surface area contributed by atoms with Gasteiger partial charge in [-0.2, -0.15) is 0 Å². The van der Waals surface area contributed by atoms with Gasteiger partial charge in [0.25, 0.3) is 0 Å². The average molecular weight is 336 g/mol. The molecular formula is C21H28N4. The molecule has 4 nitrogen and oxygen atoms in total. The summed E-state index contributed by atoms with van der Waals surface area (Å²) in [6, 6.07) is 8.46. The van der Waals surface area contributed by atoms with Crippen LogP contribution in [0.2, 0.25) is 0 Å². The van der Waals surface area contributed by atoms with Crippen LogP contribution in [0.3, 0.4) is 0 Å². The molecule has 132 valence electrons. The second-order valence-electron chi connectivity index (χ2n) is 7.62. The van der Waals surface area contributed by atoms with Gasteiger partial charge in [0.1, 0.15) is 0 Å². The van der Waals surface area contributed by atoms with Crippen LogP contribution in [-0.2, 0) is 13.1 Å². The molecule has 4 heterocycles. The maximum atomic E-state index is 4.24. The summed E-state index contributed by atoms with van der Waals surface area (Å²) in [5.74, 6) is 1.79. The number of pyridine rings is 2. The number of nitrogens with zero attached hydrogens (tertiary/aromatic N) is 4. The molecule has 4 heteroatoms. The predicted octanol–water partition coefficient (Wildman–Crippen LogP) is 3.21. The standard InChI is InChI=1S/C21H28N4/c1-3-18(13-22-8-1)15-24-10-5-20(6-11-24)21-7-12-25(17-21)16-19-4-2-9-23-14-19/h1-4,8-9,13-14,20-21H,5-7,10-12,15-17H2. The molecule has 2 aliphatic rings. The summed E-state index contributed by atoms with van der Waals surface area (Å²) in [5.41, 5.74) is 2.68. The van der Waals surface area contributed by atoms with Crippen molar-refractivity contribution in [2.45, 2.75) is 32.4 Å². The molecule has 4 rings (SSSR count). The first-order valence-electron chi connectivity index (χ1n) is 9.59. The van der Waals surface area contributed by atoms with E-state index in [4.69, 9.17) is 0 Å². The van der Waals surface area contributed by atoms with Gasteiger partial charge in [0.05, 0.1) is 0 Å². The van der Waals surface area contributed by atoms with Crippen molar-refractivity contribution in [3.8, 4) is 0 Å². The largest absolute Gasteiger partial charge is 0.299 e. The molecule has 0 aliphatic carbocycles. The Bertz CT molecular complexity index is 637. The van der Waals surface area contributed by atoms with Crippen LogP contribution in [0.1, 0.15) is 30.4 Å². The topological polar surface area (TPSA) is 32.3 Å². The zero-order valence-electron chi connectivity index (χ0n) is 14.9. The van der Waals surface area contributed by atoms with Crippen LogP contribution in [0.4, 0.5) is 0 Å². The van der Waals surface area contributed by atoms with Gasteiger partial charge < -0.3 is 0 Å². The van der Waals surface area contributed by atoms with E-state index in [0.717, 1.165) is 24.9 Å². The zero-order valence-corrected chi connectivity index (χ0v) is 14.9. The van der Waals surface area contributed by atoms with Gasteiger partial charge >= 0.3 is 0 Å². The van der Waals surface area contributed by atoms with E-state index in [1.165, 1.54) is 56.6 Å². The molecule has 2 fully saturated rings. The van der Waals surface area contributed by atoms with Gasteiger partial charge in [-0.25, -0.2) is 0 Å². The van der Waals surface area contributed by atoms with Crippen LogP contribution in [0.25, 0.3) is 0 Å². The molecular weight excluding hydrogens is 308 g/mol. The van der Waals surface area contributed by atoms with Crippen LogP contribution >= 0.6 is 0 Å². The summed E-state index contributed by atoms with van der Waals surface area (Å²) in [6.07, 6.45) is 11.8. The lowest BCUT2D eigenvalue weighted by Gasteiger charge is -2.34. The Morgan fingerprint density at radius 1 is 0.760 bits per heavy atom. The Morgan fingerprint density at radius 2 is 1.32 bits per heavy atom. The van der Waals surface area contributed by atoms with E-state index in [2.05, 4.69) is 31.9 Å². The van der Waals surface area contributed by atoms with Crippen molar-refractivity contribution in [1.82, 2.24) is 19.8 Å². The molecule has 0 saturated carbocycles. The smallest absolute Gasteiger partial charge is 0.0312 e. The molecule has 2 aromatic heterocycles. The summed E-state index contributed by atoms with van der Waals surface area (Å²) >= 11 is 0. The summed E-state index contributed by atoms with van der Waals surface area (Å²) in [5, 5.41) is 0. The Morgan fingerprint density at radius 3 is 1.92 bits per heavy atom. The van der Waals surface area contributed by atoms with E-state index >= 15 is 0 Å². The van der Waals surface area contributed by atoms with Crippen molar-refractivity contribution < 1.29 is 0 Å². The highest BCUT2D eigenvalue weighted by atomic mass is 15.2. The zero-order chi connectivity index (χ0) is 16.9. The highest BCUT2D eigenvalue weighted by Gasteiger charge is 2.31. The minimum absolute atomic E-state index is 0.886. The van der Waals surface area contributed by atoms with E-state index in [1.54, 1.807) is 0 Å². The Hall–Kier alpha value is -1.78. The molecule has 25 heavy (non-hydrogen) atoms. The van der Waals surface area contributed by atoms with Crippen molar-refractivity contribution in [3.63, 3.8) is 0 Å². The number of likely N-dealkylation sites (tertiary alicyclic amines) is 2. The fourth-order valence-corrected chi connectivity index (χ4v) is 4.47. The quantitative estimate of drug-likeness (QED) is 0.839. The molecule has 0 bridgehead atoms. The fraction of sp³-hybridized carbons (Fsp3) is 0.524. The van der Waals surface area contributed by atoms with Crippen molar-refractivity contribution in [2.75, 3.05) is 26.2 Å². The van der Waals surface area contributed by atoms with E-state index < -0.39 is 0 Å². The van der Waals surface area contributed by atoms with E-state index in [0.29, 0.717) is 0 Å². The minimum atomic E-state index is 0.886. The highest BCUT2D eigenvalue weighted by molar-refractivity contribution is 5.09. The molecule has 2 saturated heterocycles. The van der Waals surface area contributed by atoms with Crippen LogP contribution < -0.4 is 0 Å². The van der Waals surface area contributed by atoms with Gasteiger partial charge in [-0.15, -0.1) is 0 Å². The normalized spacial score (nSPS) is 23.1. The highest BCUT2D eigenvalue weighted by Crippen LogP contribution is 2.32. The number of hydrogen-bond donors (Lipinski definition) is 0. The molecule has 0 spiro atoms. The minimum Gasteiger partial charge on any atom is -0.299 e. The van der Waals surface area contributed by atoms with Crippen molar-refractivity contribution in [1.29, 1.82) is 0 Å². The number of rotatable bonds is 5. The van der Waals surface area contributed by atoms with Crippen LogP contribution in [0.5, 0.6) is 0 Å². The second kappa shape index (κ2) is 8.07. The van der Waals surface area contributed by atoms with Gasteiger partial charge in [-0.1, -0.05) is 12.1 Å². The third-order valence-corrected chi connectivity index (χ3v) is 5.87. The van der Waals surface area contributed by atoms with Gasteiger partial charge in [-0.05, 0) is 74.0 Å². The summed E-state index contributed by atoms with van der Waals surface area (Å²) in [4.78, 5) is 13.7. The third-order valence-electron chi connectivity index (χ3n) is 5.87. The third kappa shape index (κ3) is 4.44.